The molecule has 1 aliphatic heterocycles. The second kappa shape index (κ2) is 13.4. The van der Waals surface area contributed by atoms with E-state index in [0.717, 1.165) is 71.9 Å². The molecule has 8 nitrogen and oxygen atoms in total. The molecule has 2 N–H and O–H groups in total. The van der Waals surface area contributed by atoms with Gasteiger partial charge in [0.05, 0.1) is 22.9 Å². The number of thioether (sulfide) groups is 2. The van der Waals surface area contributed by atoms with Crippen LogP contribution in [0.15, 0.2) is 0 Å². The van der Waals surface area contributed by atoms with E-state index in [4.69, 9.17) is 24.4 Å². The second-order valence-corrected chi connectivity index (χ2v) is 14.8. The molecule has 5 rings (SSSR count). The first-order valence-corrected chi connectivity index (χ1v) is 17.3. The minimum Gasteiger partial charge on any atom is -0.354 e. The molecule has 38 heavy (non-hydrogen) atoms. The van der Waals surface area contributed by atoms with Crippen molar-refractivity contribution in [1.82, 2.24) is 19.8 Å². The monoisotopic (exact) mass is 626 g/mol. The lowest BCUT2D eigenvalue weighted by atomic mass is 10.0. The molecule has 1 saturated heterocycles. The van der Waals surface area contributed by atoms with E-state index >= 15 is 0 Å². The molecule has 2 amide bonds. The average Bonchev–Trinajstić information content (AvgIpc) is 3.53. The summed E-state index contributed by atoms with van der Waals surface area (Å²) in [6.07, 6.45) is 8.91. The van der Waals surface area contributed by atoms with E-state index in [-0.39, 0.29) is 23.3 Å². The van der Waals surface area contributed by atoms with Crippen molar-refractivity contribution in [2.75, 3.05) is 48.3 Å². The lowest BCUT2D eigenvalue weighted by Gasteiger charge is -2.36. The van der Waals surface area contributed by atoms with Crippen LogP contribution in [-0.4, -0.2) is 77.9 Å². The Balaban J connectivity index is 0.981. The average molecular weight is 627 g/mol. The minimum absolute atomic E-state index is 0.0733. The van der Waals surface area contributed by atoms with E-state index < -0.39 is 0 Å². The Morgan fingerprint density at radius 2 is 1.11 bits per heavy atom. The quantitative estimate of drug-likeness (QED) is 0.444. The van der Waals surface area contributed by atoms with Crippen molar-refractivity contribution in [2.24, 2.45) is 0 Å². The fourth-order valence-electron chi connectivity index (χ4n) is 4.63. The van der Waals surface area contributed by atoms with Crippen molar-refractivity contribution in [2.45, 2.75) is 51.4 Å². The van der Waals surface area contributed by atoms with Gasteiger partial charge in [0.15, 0.2) is 10.3 Å². The summed E-state index contributed by atoms with van der Waals surface area (Å²) in [5.41, 5.74) is 2.29. The normalized spacial score (nSPS) is 16.9. The number of carbonyl (C=O) groups excluding carboxylic acids is 2. The lowest BCUT2D eigenvalue weighted by Crippen LogP contribution is -2.48. The molecule has 2 aromatic rings. The van der Waals surface area contributed by atoms with Gasteiger partial charge in [-0.15, -0.1) is 22.7 Å². The van der Waals surface area contributed by atoms with E-state index in [1.807, 2.05) is 0 Å². The first-order chi connectivity index (χ1) is 18.4. The zero-order valence-electron chi connectivity index (χ0n) is 21.0. The van der Waals surface area contributed by atoms with Crippen LogP contribution in [0.5, 0.6) is 0 Å². The van der Waals surface area contributed by atoms with Crippen LogP contribution in [0.2, 0.25) is 0 Å². The Morgan fingerprint density at radius 3 is 1.50 bits per heavy atom. The van der Waals surface area contributed by atoms with Gasteiger partial charge in [0.2, 0.25) is 11.8 Å². The zero-order chi connectivity index (χ0) is 26.5. The Hall–Kier alpha value is -1.32. The first kappa shape index (κ1) is 28.2. The smallest absolute Gasteiger partial charge is 0.236 e. The number of aromatic nitrogens is 2. The number of thiazole rings is 2. The van der Waals surface area contributed by atoms with Crippen LogP contribution in [-0.2, 0) is 35.3 Å². The molecule has 0 aromatic carbocycles. The Morgan fingerprint density at radius 1 is 0.711 bits per heavy atom. The largest absolute Gasteiger partial charge is 0.354 e. The van der Waals surface area contributed by atoms with Crippen molar-refractivity contribution in [3.63, 3.8) is 0 Å². The molecular formula is C24H30N6O2S6. The topological polar surface area (TPSA) is 90.5 Å². The summed E-state index contributed by atoms with van der Waals surface area (Å²) < 4.78 is 1.45. The van der Waals surface area contributed by atoms with Gasteiger partial charge in [0.25, 0.3) is 0 Å². The van der Waals surface area contributed by atoms with E-state index in [0.29, 0.717) is 10.3 Å². The number of piperazine rings is 1. The predicted octanol–water partition coefficient (Wildman–Crippen LogP) is 4.59. The number of thiocarbonyl (C=S) groups is 2. The van der Waals surface area contributed by atoms with Crippen LogP contribution in [0.3, 0.4) is 0 Å². The molecule has 0 spiro atoms. The molecule has 3 heterocycles. The summed E-state index contributed by atoms with van der Waals surface area (Å²) in [4.78, 5) is 40.9. The van der Waals surface area contributed by atoms with Crippen LogP contribution < -0.4 is 10.6 Å². The highest BCUT2D eigenvalue weighted by Gasteiger charge is 2.23. The maximum atomic E-state index is 12.4. The van der Waals surface area contributed by atoms with Crippen LogP contribution >= 0.6 is 70.6 Å². The summed E-state index contributed by atoms with van der Waals surface area (Å²) in [5, 5.41) is 7.27. The second-order valence-electron chi connectivity index (χ2n) is 9.37. The zero-order valence-corrected chi connectivity index (χ0v) is 25.9. The van der Waals surface area contributed by atoms with Gasteiger partial charge in [-0.1, -0.05) is 48.0 Å². The predicted molar refractivity (Wildman–Crippen MR) is 168 cm³/mol. The Kier molecular flexibility index (Phi) is 9.92. The number of anilines is 2. The highest BCUT2D eigenvalue weighted by molar-refractivity contribution is 8.23. The number of hydrogen-bond donors (Lipinski definition) is 2. The summed E-state index contributed by atoms with van der Waals surface area (Å²) in [5.74, 6) is 0.399. The van der Waals surface area contributed by atoms with Crippen LogP contribution in [0.1, 0.15) is 46.8 Å². The maximum absolute atomic E-state index is 12.4. The number of aryl methyl sites for hydroxylation is 4. The van der Waals surface area contributed by atoms with E-state index in [2.05, 4.69) is 30.4 Å². The van der Waals surface area contributed by atoms with Crippen LogP contribution in [0.4, 0.5) is 10.3 Å². The molecule has 1 fully saturated rings. The van der Waals surface area contributed by atoms with E-state index in [1.165, 1.54) is 59.0 Å². The molecule has 0 radical (unpaired) electrons. The van der Waals surface area contributed by atoms with Crippen LogP contribution in [0, 0.1) is 0 Å². The minimum atomic E-state index is -0.0733. The number of carbonyl (C=O) groups is 2. The third-order valence-corrected chi connectivity index (χ3v) is 11.8. The van der Waals surface area contributed by atoms with Crippen molar-refractivity contribution in [3.05, 3.63) is 21.1 Å². The number of nitrogens with one attached hydrogen (secondary N) is 2. The van der Waals surface area contributed by atoms with Crippen molar-refractivity contribution in [1.29, 1.82) is 0 Å². The van der Waals surface area contributed by atoms with Crippen molar-refractivity contribution < 1.29 is 9.59 Å². The molecule has 204 valence electrons. The SMILES string of the molecule is O=C(CSC(=S)N1CCN(C(=S)SCC(=O)Nc2nc3c(s2)CCCC3)CC1)Nc1nc2c(s1)CCCC2. The van der Waals surface area contributed by atoms with Crippen molar-refractivity contribution >= 4 is 101 Å². The molecule has 0 unspecified atom stereocenters. The summed E-state index contributed by atoms with van der Waals surface area (Å²) >= 11 is 17.2. The molecule has 2 aromatic heterocycles. The Labute approximate surface area is 250 Å². The van der Waals surface area contributed by atoms with Gasteiger partial charge < -0.3 is 20.4 Å². The molecule has 0 bridgehead atoms. The fraction of sp³-hybridized carbons (Fsp3) is 0.583. The molecular weight excluding hydrogens is 597 g/mol. The summed E-state index contributed by atoms with van der Waals surface area (Å²) in [6, 6.07) is 0. The van der Waals surface area contributed by atoms with Gasteiger partial charge in [0, 0.05) is 35.9 Å². The molecule has 14 heteroatoms. The van der Waals surface area contributed by atoms with Crippen LogP contribution in [0.25, 0.3) is 0 Å². The fourth-order valence-corrected chi connectivity index (χ4v) is 8.86. The Bertz CT molecular complexity index is 1070. The number of nitrogens with zero attached hydrogens (tertiary/aromatic N) is 4. The van der Waals surface area contributed by atoms with Gasteiger partial charge in [-0.3, -0.25) is 9.59 Å². The van der Waals surface area contributed by atoms with Gasteiger partial charge in [-0.25, -0.2) is 9.97 Å². The molecule has 0 atom stereocenters. The van der Waals surface area contributed by atoms with E-state index in [9.17, 15) is 9.59 Å². The third-order valence-electron chi connectivity index (χ3n) is 6.63. The van der Waals surface area contributed by atoms with Gasteiger partial charge in [-0.05, 0) is 51.4 Å². The van der Waals surface area contributed by atoms with E-state index in [1.54, 1.807) is 22.7 Å². The number of fused-ring (bicyclic) bond motifs is 2. The molecule has 2 aliphatic carbocycles. The number of rotatable bonds is 6. The first-order valence-electron chi connectivity index (χ1n) is 12.8. The number of hydrogen-bond acceptors (Lipinski definition) is 10. The van der Waals surface area contributed by atoms with Gasteiger partial charge >= 0.3 is 0 Å². The summed E-state index contributed by atoms with van der Waals surface area (Å²) in [7, 11) is 0. The number of amides is 2. The lowest BCUT2D eigenvalue weighted by molar-refractivity contribution is -0.114. The third kappa shape index (κ3) is 7.45. The molecule has 3 aliphatic rings. The summed E-state index contributed by atoms with van der Waals surface area (Å²) in [6.45, 7) is 2.96. The van der Waals surface area contributed by atoms with Gasteiger partial charge in [-0.2, -0.15) is 0 Å². The highest BCUT2D eigenvalue weighted by atomic mass is 32.2. The van der Waals surface area contributed by atoms with Crippen molar-refractivity contribution in [3.8, 4) is 0 Å². The molecule has 0 saturated carbocycles. The van der Waals surface area contributed by atoms with Gasteiger partial charge in [0.1, 0.15) is 8.64 Å². The highest BCUT2D eigenvalue weighted by Crippen LogP contribution is 2.31. The standard InChI is InChI=1S/C24H30N6O2S6/c31-19(27-21-25-15-5-1-3-7-17(15)37-21)13-35-23(33)29-9-11-30(12-10-29)24(34)36-14-20(32)28-22-26-16-6-2-4-8-18(16)38-22/h1-14H2,(H,25,27,31)(H,26,28,32). The maximum Gasteiger partial charge on any atom is 0.236 e.